The molecule has 1 N–H and O–H groups in total. The van der Waals surface area contributed by atoms with Crippen LogP contribution in [0, 0.1) is 5.92 Å². The van der Waals surface area contributed by atoms with Crippen molar-refractivity contribution < 1.29 is 9.47 Å². The molecule has 0 bridgehead atoms. The first kappa shape index (κ1) is 19.2. The molecule has 3 rings (SSSR count). The maximum absolute atomic E-state index is 5.72. The molecule has 1 aromatic rings. The zero-order valence-electron chi connectivity index (χ0n) is 16.0. The number of benzene rings is 1. The third kappa shape index (κ3) is 5.99. The summed E-state index contributed by atoms with van der Waals surface area (Å²) >= 11 is 0. The van der Waals surface area contributed by atoms with Crippen LogP contribution >= 0.6 is 0 Å². The smallest absolute Gasteiger partial charge is 0.193 e. The molecular formula is C21H33N3O2. The molecule has 0 saturated carbocycles. The Labute approximate surface area is 157 Å². The van der Waals surface area contributed by atoms with Crippen LogP contribution in [-0.4, -0.2) is 63.5 Å². The highest BCUT2D eigenvalue weighted by atomic mass is 16.5. The van der Waals surface area contributed by atoms with Gasteiger partial charge in [-0.2, -0.15) is 0 Å². The van der Waals surface area contributed by atoms with Gasteiger partial charge in [-0.3, -0.25) is 4.99 Å². The first-order valence-electron chi connectivity index (χ1n) is 10.0. The summed E-state index contributed by atoms with van der Waals surface area (Å²) in [7, 11) is 1.88. The van der Waals surface area contributed by atoms with Crippen LogP contribution in [0.5, 0.6) is 0 Å². The third-order valence-electron chi connectivity index (χ3n) is 5.24. The topological polar surface area (TPSA) is 46.1 Å². The number of rotatable bonds is 8. The monoisotopic (exact) mass is 359 g/mol. The first-order valence-corrected chi connectivity index (χ1v) is 10.0. The molecule has 2 fully saturated rings. The predicted molar refractivity (Wildman–Crippen MR) is 106 cm³/mol. The number of hydrogen-bond donors (Lipinski definition) is 1. The molecule has 26 heavy (non-hydrogen) atoms. The highest BCUT2D eigenvalue weighted by Gasteiger charge is 2.24. The van der Waals surface area contributed by atoms with Crippen molar-refractivity contribution in [2.24, 2.45) is 10.9 Å². The van der Waals surface area contributed by atoms with Gasteiger partial charge in [-0.1, -0.05) is 30.3 Å². The molecule has 1 aromatic carbocycles. The second-order valence-electron chi connectivity index (χ2n) is 7.33. The van der Waals surface area contributed by atoms with Crippen molar-refractivity contribution in [3.8, 4) is 0 Å². The van der Waals surface area contributed by atoms with Gasteiger partial charge in [-0.05, 0) is 43.6 Å². The summed E-state index contributed by atoms with van der Waals surface area (Å²) in [6, 6.07) is 10.8. The lowest BCUT2D eigenvalue weighted by Crippen LogP contribution is -2.40. The average molecular weight is 360 g/mol. The Morgan fingerprint density at radius 2 is 2.19 bits per heavy atom. The summed E-state index contributed by atoms with van der Waals surface area (Å²) < 4.78 is 11.3. The molecule has 2 heterocycles. The van der Waals surface area contributed by atoms with Gasteiger partial charge in [0.05, 0.1) is 12.7 Å². The zero-order chi connectivity index (χ0) is 18.0. The van der Waals surface area contributed by atoms with Crippen LogP contribution in [0.25, 0.3) is 0 Å². The SMILES string of the molecule is CN=C(NCCCOCC1CCCO1)N1CCC(Cc2ccccc2)C1. The normalized spacial score (nSPS) is 23.6. The molecule has 144 valence electrons. The minimum atomic E-state index is 0.321. The number of guanidine groups is 1. The zero-order valence-corrected chi connectivity index (χ0v) is 16.0. The highest BCUT2D eigenvalue weighted by molar-refractivity contribution is 5.80. The van der Waals surface area contributed by atoms with Crippen LogP contribution in [0.2, 0.25) is 0 Å². The van der Waals surface area contributed by atoms with Crippen LogP contribution in [0.4, 0.5) is 0 Å². The Balaban J connectivity index is 1.30. The fraction of sp³-hybridized carbons (Fsp3) is 0.667. The number of ether oxygens (including phenoxy) is 2. The summed E-state index contributed by atoms with van der Waals surface area (Å²) in [4.78, 5) is 6.85. The molecular weight excluding hydrogens is 326 g/mol. The van der Waals surface area contributed by atoms with E-state index in [9.17, 15) is 0 Å². The van der Waals surface area contributed by atoms with Gasteiger partial charge in [0.25, 0.3) is 0 Å². The molecule has 0 aliphatic carbocycles. The van der Waals surface area contributed by atoms with Crippen LogP contribution in [0.1, 0.15) is 31.2 Å². The van der Waals surface area contributed by atoms with E-state index in [-0.39, 0.29) is 0 Å². The van der Waals surface area contributed by atoms with Gasteiger partial charge >= 0.3 is 0 Å². The Morgan fingerprint density at radius 3 is 2.96 bits per heavy atom. The fourth-order valence-corrected chi connectivity index (χ4v) is 3.84. The van der Waals surface area contributed by atoms with Crippen LogP contribution in [0.15, 0.2) is 35.3 Å². The van der Waals surface area contributed by atoms with Crippen molar-refractivity contribution in [2.75, 3.05) is 46.5 Å². The van der Waals surface area contributed by atoms with E-state index in [0.29, 0.717) is 12.0 Å². The first-order chi connectivity index (χ1) is 12.8. The summed E-state index contributed by atoms with van der Waals surface area (Å²) in [5.74, 6) is 1.74. The Hall–Kier alpha value is -1.59. The maximum atomic E-state index is 5.72. The summed E-state index contributed by atoms with van der Waals surface area (Å²) in [6.45, 7) is 5.49. The predicted octanol–water partition coefficient (Wildman–Crippen LogP) is 2.71. The van der Waals surface area contributed by atoms with E-state index in [1.54, 1.807) is 0 Å². The van der Waals surface area contributed by atoms with Gasteiger partial charge in [-0.25, -0.2) is 0 Å². The molecule has 2 unspecified atom stereocenters. The average Bonchev–Trinajstić information content (AvgIpc) is 3.34. The molecule has 2 saturated heterocycles. The van der Waals surface area contributed by atoms with Gasteiger partial charge in [0.15, 0.2) is 5.96 Å². The van der Waals surface area contributed by atoms with E-state index < -0.39 is 0 Å². The molecule has 5 heteroatoms. The van der Waals surface area contributed by atoms with Crippen molar-refractivity contribution in [1.82, 2.24) is 10.2 Å². The van der Waals surface area contributed by atoms with Gasteiger partial charge in [0.1, 0.15) is 0 Å². The Morgan fingerprint density at radius 1 is 1.31 bits per heavy atom. The third-order valence-corrected chi connectivity index (χ3v) is 5.24. The standard InChI is InChI=1S/C21H33N3O2/c1-22-21(23-11-6-13-25-17-20-9-5-14-26-20)24-12-10-19(16-24)15-18-7-3-2-4-8-18/h2-4,7-8,19-20H,5-6,9-17H2,1H3,(H,22,23). The lowest BCUT2D eigenvalue weighted by Gasteiger charge is -2.22. The number of nitrogens with one attached hydrogen (secondary N) is 1. The molecule has 5 nitrogen and oxygen atoms in total. The molecule has 0 radical (unpaired) electrons. The van der Waals surface area contributed by atoms with Crippen molar-refractivity contribution in [1.29, 1.82) is 0 Å². The van der Waals surface area contributed by atoms with Gasteiger partial charge in [-0.15, -0.1) is 0 Å². The van der Waals surface area contributed by atoms with Crippen LogP contribution in [0.3, 0.4) is 0 Å². The van der Waals surface area contributed by atoms with E-state index in [2.05, 4.69) is 45.5 Å². The summed E-state index contributed by atoms with van der Waals surface area (Å²) in [5, 5.41) is 3.49. The number of likely N-dealkylation sites (tertiary alicyclic amines) is 1. The molecule has 0 aromatic heterocycles. The Bertz CT molecular complexity index is 543. The van der Waals surface area contributed by atoms with E-state index in [0.717, 1.165) is 64.7 Å². The highest BCUT2D eigenvalue weighted by Crippen LogP contribution is 2.20. The second-order valence-corrected chi connectivity index (χ2v) is 7.33. The maximum Gasteiger partial charge on any atom is 0.193 e. The largest absolute Gasteiger partial charge is 0.379 e. The quantitative estimate of drug-likeness (QED) is 0.440. The molecule has 0 spiro atoms. The molecule has 2 aliphatic rings. The van der Waals surface area contributed by atoms with Crippen molar-refractivity contribution >= 4 is 5.96 Å². The second kappa shape index (κ2) is 10.5. The van der Waals surface area contributed by atoms with Gasteiger partial charge in [0.2, 0.25) is 0 Å². The summed E-state index contributed by atoms with van der Waals surface area (Å²) in [5.41, 5.74) is 1.44. The number of hydrogen-bond acceptors (Lipinski definition) is 3. The summed E-state index contributed by atoms with van der Waals surface area (Å²) in [6.07, 6.45) is 6.03. The number of aliphatic imine (C=N–C) groups is 1. The van der Waals surface area contributed by atoms with Crippen molar-refractivity contribution in [2.45, 2.75) is 38.2 Å². The lowest BCUT2D eigenvalue weighted by atomic mass is 9.99. The van der Waals surface area contributed by atoms with Gasteiger partial charge in [0, 0.05) is 39.9 Å². The van der Waals surface area contributed by atoms with Crippen LogP contribution < -0.4 is 5.32 Å². The van der Waals surface area contributed by atoms with Crippen LogP contribution in [-0.2, 0) is 15.9 Å². The molecule has 2 aliphatic heterocycles. The fourth-order valence-electron chi connectivity index (χ4n) is 3.84. The Kier molecular flexibility index (Phi) is 7.77. The van der Waals surface area contributed by atoms with Gasteiger partial charge < -0.3 is 19.7 Å². The lowest BCUT2D eigenvalue weighted by molar-refractivity contribution is 0.0168. The minimum absolute atomic E-state index is 0.321. The van der Waals surface area contributed by atoms with E-state index in [4.69, 9.17) is 9.47 Å². The minimum Gasteiger partial charge on any atom is -0.379 e. The van der Waals surface area contributed by atoms with Crippen molar-refractivity contribution in [3.63, 3.8) is 0 Å². The van der Waals surface area contributed by atoms with E-state index >= 15 is 0 Å². The van der Waals surface area contributed by atoms with Crippen molar-refractivity contribution in [3.05, 3.63) is 35.9 Å². The molecule has 0 amide bonds. The van der Waals surface area contributed by atoms with E-state index in [1.165, 1.54) is 18.4 Å². The number of nitrogens with zero attached hydrogens (tertiary/aromatic N) is 2. The van der Waals surface area contributed by atoms with E-state index in [1.807, 2.05) is 7.05 Å². The molecule has 2 atom stereocenters.